The van der Waals surface area contributed by atoms with Crippen molar-refractivity contribution in [2.75, 3.05) is 20.2 Å². The van der Waals surface area contributed by atoms with E-state index in [0.717, 1.165) is 19.4 Å². The molecule has 0 amide bonds. The first kappa shape index (κ1) is 15.8. The van der Waals surface area contributed by atoms with E-state index in [1.54, 1.807) is 0 Å². The van der Waals surface area contributed by atoms with Crippen molar-refractivity contribution in [2.24, 2.45) is 0 Å². The molecule has 2 atom stereocenters. The van der Waals surface area contributed by atoms with Crippen LogP contribution in [0.4, 0.5) is 0 Å². The second-order valence-corrected chi connectivity index (χ2v) is 6.57. The molecule has 0 aromatic heterocycles. The highest BCUT2D eigenvalue weighted by molar-refractivity contribution is 5.81. The molecule has 2 aliphatic rings. The first-order chi connectivity index (χ1) is 9.57. The Morgan fingerprint density at radius 2 is 2.05 bits per heavy atom. The van der Waals surface area contributed by atoms with E-state index in [1.165, 1.54) is 32.1 Å². The van der Waals surface area contributed by atoms with E-state index in [-0.39, 0.29) is 5.97 Å². The SMILES string of the molecule is CCOC(=O)C1(NC2CCCCC2)CCN(C)C(C)C1. The first-order valence-corrected chi connectivity index (χ1v) is 8.22. The lowest BCUT2D eigenvalue weighted by Gasteiger charge is -2.45. The van der Waals surface area contributed by atoms with Crippen LogP contribution in [-0.2, 0) is 9.53 Å². The van der Waals surface area contributed by atoms with Gasteiger partial charge in [0.1, 0.15) is 5.54 Å². The number of nitrogens with one attached hydrogen (secondary N) is 1. The average Bonchev–Trinajstić information content (AvgIpc) is 2.44. The Labute approximate surface area is 123 Å². The van der Waals surface area contributed by atoms with Gasteiger partial charge in [0.2, 0.25) is 0 Å². The van der Waals surface area contributed by atoms with E-state index >= 15 is 0 Å². The van der Waals surface area contributed by atoms with E-state index in [4.69, 9.17) is 4.74 Å². The topological polar surface area (TPSA) is 41.6 Å². The number of carbonyl (C=O) groups is 1. The molecule has 0 aromatic carbocycles. The quantitative estimate of drug-likeness (QED) is 0.804. The third kappa shape index (κ3) is 3.53. The van der Waals surface area contributed by atoms with Crippen LogP contribution in [0, 0.1) is 0 Å². The van der Waals surface area contributed by atoms with Crippen LogP contribution in [-0.4, -0.2) is 48.7 Å². The number of ether oxygens (including phenoxy) is 1. The maximum Gasteiger partial charge on any atom is 0.326 e. The van der Waals surface area contributed by atoms with Crippen LogP contribution in [0.3, 0.4) is 0 Å². The minimum atomic E-state index is -0.454. The zero-order valence-electron chi connectivity index (χ0n) is 13.3. The minimum Gasteiger partial charge on any atom is -0.465 e. The Kier molecular flexibility index (Phi) is 5.44. The Morgan fingerprint density at radius 3 is 2.65 bits per heavy atom. The molecule has 20 heavy (non-hydrogen) atoms. The highest BCUT2D eigenvalue weighted by Gasteiger charge is 2.45. The summed E-state index contributed by atoms with van der Waals surface area (Å²) in [6.07, 6.45) is 8.03. The number of hydrogen-bond acceptors (Lipinski definition) is 4. The molecular formula is C16H30N2O2. The summed E-state index contributed by atoms with van der Waals surface area (Å²) in [6, 6.07) is 0.910. The van der Waals surface area contributed by atoms with Crippen molar-refractivity contribution < 1.29 is 9.53 Å². The van der Waals surface area contributed by atoms with Crippen LogP contribution >= 0.6 is 0 Å². The van der Waals surface area contributed by atoms with Crippen molar-refractivity contribution in [1.29, 1.82) is 0 Å². The summed E-state index contributed by atoms with van der Waals surface area (Å²) in [5.41, 5.74) is -0.454. The monoisotopic (exact) mass is 282 g/mol. The van der Waals surface area contributed by atoms with Gasteiger partial charge in [0.05, 0.1) is 6.61 Å². The van der Waals surface area contributed by atoms with Gasteiger partial charge in [-0.1, -0.05) is 19.3 Å². The van der Waals surface area contributed by atoms with Crippen LogP contribution in [0.1, 0.15) is 58.8 Å². The van der Waals surface area contributed by atoms with Gasteiger partial charge < -0.3 is 9.64 Å². The van der Waals surface area contributed by atoms with Gasteiger partial charge in [0.25, 0.3) is 0 Å². The number of carbonyl (C=O) groups excluding carboxylic acids is 1. The maximum atomic E-state index is 12.5. The summed E-state index contributed by atoms with van der Waals surface area (Å²) in [5.74, 6) is -0.0366. The summed E-state index contributed by atoms with van der Waals surface area (Å²) >= 11 is 0. The smallest absolute Gasteiger partial charge is 0.326 e. The Hall–Kier alpha value is -0.610. The van der Waals surface area contributed by atoms with Crippen molar-refractivity contribution >= 4 is 5.97 Å². The van der Waals surface area contributed by atoms with Crippen LogP contribution in [0.25, 0.3) is 0 Å². The molecular weight excluding hydrogens is 252 g/mol. The molecule has 116 valence electrons. The molecule has 4 nitrogen and oxygen atoms in total. The lowest BCUT2D eigenvalue weighted by molar-refractivity contribution is -0.155. The molecule has 1 heterocycles. The summed E-state index contributed by atoms with van der Waals surface area (Å²) in [7, 11) is 2.14. The predicted octanol–water partition coefficient (Wildman–Crippen LogP) is 2.32. The van der Waals surface area contributed by atoms with Gasteiger partial charge in [-0.15, -0.1) is 0 Å². The van der Waals surface area contributed by atoms with Gasteiger partial charge in [-0.3, -0.25) is 10.1 Å². The highest BCUT2D eigenvalue weighted by atomic mass is 16.5. The summed E-state index contributed by atoms with van der Waals surface area (Å²) in [6.45, 7) is 5.52. The lowest BCUT2D eigenvalue weighted by Crippen LogP contribution is -2.63. The molecule has 0 aromatic rings. The molecule has 0 spiro atoms. The molecule has 2 fully saturated rings. The molecule has 1 aliphatic carbocycles. The summed E-state index contributed by atoms with van der Waals surface area (Å²) in [4.78, 5) is 14.9. The average molecular weight is 282 g/mol. The first-order valence-electron chi connectivity index (χ1n) is 8.22. The molecule has 4 heteroatoms. The standard InChI is InChI=1S/C16H30N2O2/c1-4-20-15(19)16(10-11-18(3)13(2)12-16)17-14-8-6-5-7-9-14/h13-14,17H,4-12H2,1-3H3. The molecule has 2 unspecified atom stereocenters. The van der Waals surface area contributed by atoms with Gasteiger partial charge in [-0.05, 0) is 46.6 Å². The van der Waals surface area contributed by atoms with Crippen molar-refractivity contribution in [3.63, 3.8) is 0 Å². The number of esters is 1. The highest BCUT2D eigenvalue weighted by Crippen LogP contribution is 2.30. The van der Waals surface area contributed by atoms with Crippen molar-refractivity contribution in [2.45, 2.75) is 76.4 Å². The number of likely N-dealkylation sites (tertiary alicyclic amines) is 1. The van der Waals surface area contributed by atoms with E-state index in [0.29, 0.717) is 18.7 Å². The van der Waals surface area contributed by atoms with Crippen molar-refractivity contribution in [3.05, 3.63) is 0 Å². The third-order valence-electron chi connectivity index (χ3n) is 5.04. The molecule has 1 aliphatic heterocycles. The van der Waals surface area contributed by atoms with E-state index in [9.17, 15) is 4.79 Å². The van der Waals surface area contributed by atoms with E-state index in [1.807, 2.05) is 6.92 Å². The molecule has 1 saturated carbocycles. The molecule has 2 rings (SSSR count). The van der Waals surface area contributed by atoms with Gasteiger partial charge in [-0.25, -0.2) is 0 Å². The van der Waals surface area contributed by atoms with Crippen LogP contribution in [0.5, 0.6) is 0 Å². The maximum absolute atomic E-state index is 12.5. The number of nitrogens with zero attached hydrogens (tertiary/aromatic N) is 1. The number of hydrogen-bond donors (Lipinski definition) is 1. The molecule has 0 radical (unpaired) electrons. The lowest BCUT2D eigenvalue weighted by atomic mass is 9.81. The van der Waals surface area contributed by atoms with Gasteiger partial charge >= 0.3 is 5.97 Å². The Morgan fingerprint density at radius 1 is 1.35 bits per heavy atom. The van der Waals surface area contributed by atoms with Crippen molar-refractivity contribution in [3.8, 4) is 0 Å². The summed E-state index contributed by atoms with van der Waals surface area (Å²) < 4.78 is 5.39. The minimum absolute atomic E-state index is 0.0366. The largest absolute Gasteiger partial charge is 0.465 e. The van der Waals surface area contributed by atoms with E-state index in [2.05, 4.69) is 24.2 Å². The second kappa shape index (κ2) is 6.90. The zero-order valence-corrected chi connectivity index (χ0v) is 13.3. The fourth-order valence-electron chi connectivity index (χ4n) is 3.63. The second-order valence-electron chi connectivity index (χ2n) is 6.57. The molecule has 1 N–H and O–H groups in total. The van der Waals surface area contributed by atoms with Gasteiger partial charge in [-0.2, -0.15) is 0 Å². The van der Waals surface area contributed by atoms with Crippen LogP contribution in [0.15, 0.2) is 0 Å². The van der Waals surface area contributed by atoms with E-state index < -0.39 is 5.54 Å². The van der Waals surface area contributed by atoms with Gasteiger partial charge in [0, 0.05) is 18.6 Å². The Balaban J connectivity index is 2.08. The predicted molar refractivity (Wildman–Crippen MR) is 80.7 cm³/mol. The fraction of sp³-hybridized carbons (Fsp3) is 0.938. The number of rotatable bonds is 4. The fourth-order valence-corrected chi connectivity index (χ4v) is 3.63. The Bertz CT molecular complexity index is 328. The van der Waals surface area contributed by atoms with Gasteiger partial charge in [0.15, 0.2) is 0 Å². The normalized spacial score (nSPS) is 33.0. The molecule has 0 bridgehead atoms. The molecule has 1 saturated heterocycles. The van der Waals surface area contributed by atoms with Crippen LogP contribution in [0.2, 0.25) is 0 Å². The van der Waals surface area contributed by atoms with Crippen molar-refractivity contribution in [1.82, 2.24) is 10.2 Å². The third-order valence-corrected chi connectivity index (χ3v) is 5.04. The zero-order chi connectivity index (χ0) is 14.6. The van der Waals surface area contributed by atoms with Crippen LogP contribution < -0.4 is 5.32 Å². The summed E-state index contributed by atoms with van der Waals surface area (Å²) in [5, 5.41) is 3.71. The number of piperidine rings is 1.